The fourth-order valence-electron chi connectivity index (χ4n) is 6.57. The lowest BCUT2D eigenvalue weighted by molar-refractivity contribution is -0.186. The molecule has 2 unspecified atom stereocenters. The molecule has 3 aliphatic carbocycles. The van der Waals surface area contributed by atoms with Crippen LogP contribution in [0.5, 0.6) is 5.75 Å². The third kappa shape index (κ3) is 3.34. The number of nitrogens with zero attached hydrogens (tertiary/aromatic N) is 1. The molecule has 7 N–H and O–H groups in total. The van der Waals surface area contributed by atoms with E-state index in [1.165, 1.54) is 6.07 Å². The standard InChI is InChI=1S/C28H30N2O8/c1-11-18-14(12-4-6-13(7-5-12)30(2)3)8-9-16(31)20(18)24(34)22-19(11)23(33)15-10-17(32)21(27(29)37)25(35)28(15,38)26(22)36/h4-9,11,15,17,19,21,23,31-34,38H,10H2,1-3H3,(H2,29,37)/t11-,15+,17?,19+,21?,23+,28+/m0/s1. The summed E-state index contributed by atoms with van der Waals surface area (Å²) in [7, 11) is 3.82. The van der Waals surface area contributed by atoms with Crippen LogP contribution in [0.4, 0.5) is 5.69 Å². The Morgan fingerprint density at radius 1 is 1.05 bits per heavy atom. The molecule has 7 atom stereocenters. The molecule has 2 fully saturated rings. The Bertz CT molecular complexity index is 1400. The molecule has 200 valence electrons. The normalized spacial score (nSPS) is 32.4. The van der Waals surface area contributed by atoms with Crippen molar-refractivity contribution in [1.82, 2.24) is 0 Å². The molecule has 3 aliphatic rings. The van der Waals surface area contributed by atoms with Crippen molar-refractivity contribution in [2.24, 2.45) is 23.5 Å². The molecular formula is C28H30N2O8. The van der Waals surface area contributed by atoms with Gasteiger partial charge < -0.3 is 36.2 Å². The number of anilines is 1. The van der Waals surface area contributed by atoms with Gasteiger partial charge in [-0.25, -0.2) is 0 Å². The van der Waals surface area contributed by atoms with Crippen molar-refractivity contribution in [3.05, 3.63) is 53.1 Å². The number of phenolic OH excluding ortho intramolecular Hbond substituents is 1. The summed E-state index contributed by atoms with van der Waals surface area (Å²) in [6.07, 6.45) is -3.56. The lowest BCUT2D eigenvalue weighted by Crippen LogP contribution is -2.70. The van der Waals surface area contributed by atoms with Gasteiger partial charge in [-0.05, 0) is 47.2 Å². The van der Waals surface area contributed by atoms with Gasteiger partial charge in [-0.15, -0.1) is 0 Å². The van der Waals surface area contributed by atoms with Gasteiger partial charge in [0.1, 0.15) is 17.4 Å². The van der Waals surface area contributed by atoms with Crippen molar-refractivity contribution in [2.45, 2.75) is 37.1 Å². The van der Waals surface area contributed by atoms with Crippen molar-refractivity contribution in [3.8, 4) is 16.9 Å². The molecular weight excluding hydrogens is 492 g/mol. The van der Waals surface area contributed by atoms with E-state index in [1.807, 2.05) is 43.3 Å². The van der Waals surface area contributed by atoms with Gasteiger partial charge >= 0.3 is 0 Å². The lowest BCUT2D eigenvalue weighted by Gasteiger charge is -2.52. The van der Waals surface area contributed by atoms with Crippen LogP contribution in [0.15, 0.2) is 42.0 Å². The van der Waals surface area contributed by atoms with Crippen LogP contribution in [0.2, 0.25) is 0 Å². The summed E-state index contributed by atoms with van der Waals surface area (Å²) in [5.74, 6) is -9.65. The van der Waals surface area contributed by atoms with Gasteiger partial charge in [-0.2, -0.15) is 0 Å². The zero-order valence-electron chi connectivity index (χ0n) is 21.1. The topological polar surface area (TPSA) is 182 Å². The third-order valence-electron chi connectivity index (χ3n) is 8.49. The van der Waals surface area contributed by atoms with Gasteiger partial charge in [-0.1, -0.05) is 25.1 Å². The fraction of sp³-hybridized carbons (Fsp3) is 0.393. The second kappa shape index (κ2) is 8.65. The number of aliphatic hydroxyl groups is 4. The highest BCUT2D eigenvalue weighted by molar-refractivity contribution is 6.25. The first-order valence-corrected chi connectivity index (χ1v) is 12.4. The van der Waals surface area contributed by atoms with Crippen LogP contribution in [-0.4, -0.2) is 74.9 Å². The number of carbonyl (C=O) groups is 3. The summed E-state index contributed by atoms with van der Waals surface area (Å²) in [6, 6.07) is 10.6. The van der Waals surface area contributed by atoms with E-state index in [9.17, 15) is 39.9 Å². The number of hydrogen-bond acceptors (Lipinski definition) is 9. The zero-order valence-corrected chi connectivity index (χ0v) is 21.1. The van der Waals surface area contributed by atoms with Crippen LogP contribution in [0, 0.1) is 17.8 Å². The Hall–Kier alpha value is -3.73. The molecule has 5 rings (SSSR count). The molecule has 0 saturated heterocycles. The largest absolute Gasteiger partial charge is 0.507 e. The Kier molecular flexibility index (Phi) is 5.90. The molecule has 2 aromatic carbocycles. The molecule has 2 aromatic rings. The summed E-state index contributed by atoms with van der Waals surface area (Å²) >= 11 is 0. The predicted octanol–water partition coefficient (Wildman–Crippen LogP) is 0.854. The minimum Gasteiger partial charge on any atom is -0.507 e. The van der Waals surface area contributed by atoms with Crippen molar-refractivity contribution in [3.63, 3.8) is 0 Å². The maximum absolute atomic E-state index is 13.8. The van der Waals surface area contributed by atoms with Gasteiger partial charge in [0.2, 0.25) is 11.7 Å². The van der Waals surface area contributed by atoms with Crippen molar-refractivity contribution in [2.75, 3.05) is 19.0 Å². The molecule has 0 radical (unpaired) electrons. The first kappa shape index (κ1) is 25.9. The number of carbonyl (C=O) groups excluding carboxylic acids is 3. The van der Waals surface area contributed by atoms with E-state index in [1.54, 1.807) is 13.0 Å². The zero-order chi connectivity index (χ0) is 27.8. The van der Waals surface area contributed by atoms with Crippen LogP contribution in [0.25, 0.3) is 16.9 Å². The van der Waals surface area contributed by atoms with Gasteiger partial charge in [-0.3, -0.25) is 14.4 Å². The summed E-state index contributed by atoms with van der Waals surface area (Å²) in [4.78, 5) is 40.8. The SMILES string of the molecule is C[C@H]1c2c(-c3ccc(N(C)C)cc3)ccc(O)c2C(O)=C2C(=O)[C@]3(O)C(=O)C(C(N)=O)C(O)C[C@@H]3[C@@H](O)[C@@H]21. The number of ketones is 2. The summed E-state index contributed by atoms with van der Waals surface area (Å²) in [5.41, 5.74) is 4.85. The van der Waals surface area contributed by atoms with Gasteiger partial charge in [0, 0.05) is 37.2 Å². The third-order valence-corrected chi connectivity index (χ3v) is 8.49. The van der Waals surface area contributed by atoms with E-state index in [4.69, 9.17) is 5.73 Å². The molecule has 1 amide bonds. The molecule has 10 nitrogen and oxygen atoms in total. The molecule has 2 saturated carbocycles. The first-order chi connectivity index (χ1) is 17.8. The lowest BCUT2D eigenvalue weighted by atomic mass is 9.53. The number of rotatable bonds is 3. The summed E-state index contributed by atoms with van der Waals surface area (Å²) in [6.45, 7) is 1.72. The predicted molar refractivity (Wildman–Crippen MR) is 137 cm³/mol. The molecule has 0 spiro atoms. The number of amides is 1. The number of benzene rings is 2. The number of fused-ring (bicyclic) bond motifs is 3. The van der Waals surface area contributed by atoms with Crippen LogP contribution in [0.1, 0.15) is 30.4 Å². The highest BCUT2D eigenvalue weighted by Gasteiger charge is 2.67. The fourth-order valence-corrected chi connectivity index (χ4v) is 6.57. The van der Waals surface area contributed by atoms with Crippen LogP contribution in [0.3, 0.4) is 0 Å². The van der Waals surface area contributed by atoms with Crippen LogP contribution in [-0.2, 0) is 14.4 Å². The number of phenols is 1. The van der Waals surface area contributed by atoms with E-state index in [-0.39, 0.29) is 11.3 Å². The average molecular weight is 523 g/mol. The second-order valence-electron chi connectivity index (χ2n) is 10.7. The average Bonchev–Trinajstić information content (AvgIpc) is 2.86. The molecule has 0 aromatic heterocycles. The highest BCUT2D eigenvalue weighted by atomic mass is 16.3. The number of aromatic hydroxyl groups is 1. The number of aliphatic hydroxyl groups excluding tert-OH is 3. The number of primary amides is 1. The van der Waals surface area contributed by atoms with Gasteiger partial charge in [0.15, 0.2) is 11.4 Å². The maximum Gasteiger partial charge on any atom is 0.230 e. The minimum atomic E-state index is -2.87. The van der Waals surface area contributed by atoms with Gasteiger partial charge in [0.25, 0.3) is 0 Å². The van der Waals surface area contributed by atoms with Crippen molar-refractivity contribution >= 4 is 28.9 Å². The molecule has 38 heavy (non-hydrogen) atoms. The molecule has 0 bridgehead atoms. The van der Waals surface area contributed by atoms with E-state index in [0.717, 1.165) is 11.3 Å². The Morgan fingerprint density at radius 2 is 1.68 bits per heavy atom. The van der Waals surface area contributed by atoms with Crippen LogP contribution < -0.4 is 10.6 Å². The minimum absolute atomic E-state index is 0.0321. The molecule has 0 aliphatic heterocycles. The summed E-state index contributed by atoms with van der Waals surface area (Å²) < 4.78 is 0. The molecule has 10 heteroatoms. The Morgan fingerprint density at radius 3 is 2.26 bits per heavy atom. The first-order valence-electron chi connectivity index (χ1n) is 12.4. The monoisotopic (exact) mass is 522 g/mol. The quantitative estimate of drug-likeness (QED) is 0.318. The Balaban J connectivity index is 1.71. The number of nitrogens with two attached hydrogens (primary N) is 1. The number of Topliss-reactive ketones (excluding diaryl/α,β-unsaturated/α-hetero) is 2. The van der Waals surface area contributed by atoms with Crippen LogP contribution >= 0.6 is 0 Å². The van der Waals surface area contributed by atoms with E-state index in [0.29, 0.717) is 11.1 Å². The van der Waals surface area contributed by atoms with Crippen molar-refractivity contribution < 1.29 is 39.9 Å². The molecule has 0 heterocycles. The number of hydrogen-bond donors (Lipinski definition) is 6. The van der Waals surface area contributed by atoms with E-state index >= 15 is 0 Å². The second-order valence-corrected chi connectivity index (χ2v) is 10.7. The van der Waals surface area contributed by atoms with E-state index in [2.05, 4.69) is 0 Å². The van der Waals surface area contributed by atoms with E-state index < -0.39 is 76.7 Å². The maximum atomic E-state index is 13.8. The van der Waals surface area contributed by atoms with Gasteiger partial charge in [0.05, 0.1) is 17.8 Å². The van der Waals surface area contributed by atoms with Crippen molar-refractivity contribution in [1.29, 1.82) is 0 Å². The highest BCUT2D eigenvalue weighted by Crippen LogP contribution is 2.56. The summed E-state index contributed by atoms with van der Waals surface area (Å²) in [5, 5.41) is 55.5. The smallest absolute Gasteiger partial charge is 0.230 e. The Labute approximate surface area is 218 Å².